The van der Waals surface area contributed by atoms with E-state index in [-0.39, 0.29) is 22.4 Å². The van der Waals surface area contributed by atoms with E-state index in [4.69, 9.17) is 42.2 Å². The fourth-order valence-electron chi connectivity index (χ4n) is 3.60. The van der Waals surface area contributed by atoms with E-state index in [1.54, 1.807) is 12.1 Å². The van der Waals surface area contributed by atoms with Crippen LogP contribution < -0.4 is 5.32 Å². The van der Waals surface area contributed by atoms with Crippen LogP contribution in [0.15, 0.2) is 30.5 Å². The van der Waals surface area contributed by atoms with Gasteiger partial charge in [0.25, 0.3) is 0 Å². The van der Waals surface area contributed by atoms with E-state index < -0.39 is 52.1 Å². The van der Waals surface area contributed by atoms with Crippen molar-refractivity contribution < 1.29 is 43.3 Å². The first kappa shape index (κ1) is 27.4. The number of hydrogen-bond donors (Lipinski definition) is 6. The molecule has 3 aromatic rings. The largest absolute Gasteiger partial charge is 0.387 e. The van der Waals surface area contributed by atoms with Crippen LogP contribution in [-0.2, 0) is 24.9 Å². The van der Waals surface area contributed by atoms with Crippen LogP contribution in [0.2, 0.25) is 10.3 Å². The topological polar surface area (TPSA) is 209 Å². The van der Waals surface area contributed by atoms with Crippen LogP contribution in [0.4, 0.5) is 5.82 Å². The summed E-state index contributed by atoms with van der Waals surface area (Å²) in [6.45, 7) is -0.430. The lowest BCUT2D eigenvalue weighted by molar-refractivity contribution is -0.0204. The maximum Gasteiger partial charge on any atom is 0.340 e. The molecule has 6 N–H and O–H groups in total. The SMILES string of the molecule is O=P(O)(O)CP(=O)(O)OCC1OC(c2cnc3c(NCc4ccccc4Cl)nc(Cl)nn23)C(O)C1O. The molecule has 18 heteroatoms. The van der Waals surface area contributed by atoms with Crippen molar-refractivity contribution in [3.63, 3.8) is 0 Å². The summed E-state index contributed by atoms with van der Waals surface area (Å²) < 4.78 is 34.5. The van der Waals surface area contributed by atoms with Gasteiger partial charge in [-0.2, -0.15) is 4.98 Å². The number of imidazole rings is 1. The molecule has 3 heterocycles. The lowest BCUT2D eigenvalue weighted by atomic mass is 10.1. The van der Waals surface area contributed by atoms with Crippen LogP contribution >= 0.6 is 38.4 Å². The van der Waals surface area contributed by atoms with Crippen molar-refractivity contribution in [2.75, 3.05) is 17.8 Å². The average molecular weight is 584 g/mol. The minimum atomic E-state index is -4.84. The molecule has 0 aliphatic carbocycles. The Morgan fingerprint density at radius 2 is 1.86 bits per heavy atom. The van der Waals surface area contributed by atoms with Crippen LogP contribution in [0.1, 0.15) is 17.4 Å². The lowest BCUT2D eigenvalue weighted by Crippen LogP contribution is -2.33. The van der Waals surface area contributed by atoms with Crippen LogP contribution in [0.3, 0.4) is 0 Å². The number of nitrogens with zero attached hydrogens (tertiary/aromatic N) is 4. The molecule has 1 aliphatic heterocycles. The Balaban J connectivity index is 1.53. The zero-order valence-electron chi connectivity index (χ0n) is 18.1. The first-order chi connectivity index (χ1) is 16.8. The average Bonchev–Trinajstić information content (AvgIpc) is 3.31. The summed E-state index contributed by atoms with van der Waals surface area (Å²) in [5.74, 6) is -1.14. The van der Waals surface area contributed by atoms with E-state index in [9.17, 15) is 24.2 Å². The highest BCUT2D eigenvalue weighted by molar-refractivity contribution is 7.70. The van der Waals surface area contributed by atoms with Crippen molar-refractivity contribution in [2.24, 2.45) is 0 Å². The molecule has 4 rings (SSSR count). The smallest absolute Gasteiger partial charge is 0.340 e. The van der Waals surface area contributed by atoms with Crippen molar-refractivity contribution >= 4 is 49.9 Å². The molecular weight excluding hydrogens is 563 g/mol. The summed E-state index contributed by atoms with van der Waals surface area (Å²) in [4.78, 5) is 35.8. The second kappa shape index (κ2) is 10.6. The van der Waals surface area contributed by atoms with E-state index >= 15 is 0 Å². The Morgan fingerprint density at radius 3 is 2.56 bits per heavy atom. The number of aliphatic hydroxyl groups excluding tert-OH is 2. The molecule has 14 nitrogen and oxygen atoms in total. The maximum atomic E-state index is 11.9. The number of benzene rings is 1. The highest BCUT2D eigenvalue weighted by atomic mass is 35.5. The molecule has 0 bridgehead atoms. The summed E-state index contributed by atoms with van der Waals surface area (Å²) in [5.41, 5.74) is 1.21. The maximum absolute atomic E-state index is 11.9. The van der Waals surface area contributed by atoms with Gasteiger partial charge in [0.2, 0.25) is 5.28 Å². The van der Waals surface area contributed by atoms with Crippen LogP contribution in [0.5, 0.6) is 0 Å². The van der Waals surface area contributed by atoms with Gasteiger partial charge >= 0.3 is 15.2 Å². The van der Waals surface area contributed by atoms with Gasteiger partial charge in [-0.15, -0.1) is 5.10 Å². The van der Waals surface area contributed by atoms with Crippen molar-refractivity contribution in [1.82, 2.24) is 19.6 Å². The van der Waals surface area contributed by atoms with Gasteiger partial charge in [-0.25, -0.2) is 9.50 Å². The van der Waals surface area contributed by atoms with Crippen molar-refractivity contribution in [3.8, 4) is 0 Å². The Kier molecular flexibility index (Phi) is 8.06. The Labute approximate surface area is 213 Å². The van der Waals surface area contributed by atoms with Crippen molar-refractivity contribution in [1.29, 1.82) is 0 Å². The minimum Gasteiger partial charge on any atom is -0.387 e. The summed E-state index contributed by atoms with van der Waals surface area (Å²) in [6, 6.07) is 7.18. The third-order valence-corrected chi connectivity index (χ3v) is 9.21. The molecule has 196 valence electrons. The van der Waals surface area contributed by atoms with E-state index in [0.29, 0.717) is 11.6 Å². The van der Waals surface area contributed by atoms with Gasteiger partial charge in [0, 0.05) is 11.6 Å². The van der Waals surface area contributed by atoms with Gasteiger partial charge in [0.15, 0.2) is 17.4 Å². The van der Waals surface area contributed by atoms with E-state index in [1.807, 2.05) is 12.1 Å². The highest BCUT2D eigenvalue weighted by Crippen LogP contribution is 2.55. The molecule has 0 spiro atoms. The van der Waals surface area contributed by atoms with Crippen LogP contribution in [-0.4, -0.2) is 75.3 Å². The van der Waals surface area contributed by atoms with Gasteiger partial charge < -0.3 is 39.5 Å². The van der Waals surface area contributed by atoms with Gasteiger partial charge in [-0.05, 0) is 23.2 Å². The van der Waals surface area contributed by atoms with E-state index in [1.165, 1.54) is 10.7 Å². The molecule has 1 aromatic carbocycles. The molecule has 0 radical (unpaired) electrons. The summed E-state index contributed by atoms with van der Waals surface area (Å²) in [7, 11) is -9.53. The van der Waals surface area contributed by atoms with Crippen LogP contribution in [0, 0.1) is 0 Å². The molecule has 0 saturated carbocycles. The number of nitrogens with one attached hydrogen (secondary N) is 1. The summed E-state index contributed by atoms with van der Waals surface area (Å²) in [6.07, 6.45) is -4.26. The Morgan fingerprint density at radius 1 is 1.14 bits per heavy atom. The molecule has 0 amide bonds. The lowest BCUT2D eigenvalue weighted by Gasteiger charge is -2.18. The second-order valence-electron chi connectivity index (χ2n) is 7.91. The zero-order chi connectivity index (χ0) is 26.3. The fraction of sp³-hybridized carbons (Fsp3) is 0.389. The number of aliphatic hydroxyl groups is 2. The fourth-order valence-corrected chi connectivity index (χ4v) is 6.53. The third-order valence-electron chi connectivity index (χ3n) is 5.22. The monoisotopic (exact) mass is 583 g/mol. The molecule has 5 unspecified atom stereocenters. The normalized spacial score (nSPS) is 24.2. The number of aromatic nitrogens is 4. The molecule has 2 aromatic heterocycles. The first-order valence-electron chi connectivity index (χ1n) is 10.3. The predicted octanol–water partition coefficient (Wildman–Crippen LogP) is 1.54. The zero-order valence-corrected chi connectivity index (χ0v) is 21.4. The van der Waals surface area contributed by atoms with E-state index in [2.05, 4.69) is 20.4 Å². The van der Waals surface area contributed by atoms with Gasteiger partial charge in [-0.1, -0.05) is 29.8 Å². The quantitative estimate of drug-likeness (QED) is 0.198. The standard InChI is InChI=1S/C18H21Cl2N5O9P2/c19-10-4-2-1-3-9(10)5-21-16-17-22-6-11(25(17)24-18(20)23-16)15-14(27)13(26)12(34-15)7-33-36(31,32)8-35(28,29)30/h1-4,6,12-15,26-27H,5,7-8H2,(H,31,32)(H,21,23,24)(H2,28,29,30). The number of ether oxygens (including phenoxy) is 1. The first-order valence-corrected chi connectivity index (χ1v) is 14.6. The summed E-state index contributed by atoms with van der Waals surface area (Å²) in [5, 5.41) is 28.5. The predicted molar refractivity (Wildman–Crippen MR) is 127 cm³/mol. The Bertz CT molecular complexity index is 1360. The number of hydrogen-bond acceptors (Lipinski definition) is 10. The van der Waals surface area contributed by atoms with Gasteiger partial charge in [-0.3, -0.25) is 9.13 Å². The number of rotatable bonds is 9. The van der Waals surface area contributed by atoms with Gasteiger partial charge in [0.05, 0.1) is 18.5 Å². The van der Waals surface area contributed by atoms with Crippen LogP contribution in [0.25, 0.3) is 5.65 Å². The number of halogens is 2. The molecule has 5 atom stereocenters. The van der Waals surface area contributed by atoms with Crippen molar-refractivity contribution in [3.05, 3.63) is 52.0 Å². The molecular formula is C18H21Cl2N5O9P2. The van der Waals surface area contributed by atoms with E-state index in [0.717, 1.165) is 5.56 Å². The molecule has 1 aliphatic rings. The Hall–Kier alpha value is -1.67. The molecule has 1 fully saturated rings. The number of anilines is 1. The second-order valence-corrected chi connectivity index (χ2v) is 12.6. The molecule has 1 saturated heterocycles. The highest BCUT2D eigenvalue weighted by Gasteiger charge is 2.46. The third kappa shape index (κ3) is 6.24. The van der Waals surface area contributed by atoms with Crippen molar-refractivity contribution in [2.45, 2.75) is 31.0 Å². The summed E-state index contributed by atoms with van der Waals surface area (Å²) >= 11 is 12.3. The molecule has 36 heavy (non-hydrogen) atoms. The minimum absolute atomic E-state index is 0.157. The van der Waals surface area contributed by atoms with Gasteiger partial charge in [0.1, 0.15) is 24.4 Å². The number of fused-ring (bicyclic) bond motifs is 1.